The van der Waals surface area contributed by atoms with Crippen molar-refractivity contribution in [3.05, 3.63) is 52.1 Å². The molecule has 0 aliphatic rings. The van der Waals surface area contributed by atoms with Crippen LogP contribution in [-0.2, 0) is 6.54 Å². The first-order chi connectivity index (χ1) is 8.56. The van der Waals surface area contributed by atoms with E-state index < -0.39 is 10.9 Å². The molecule has 0 saturated carbocycles. The maximum Gasteiger partial charge on any atom is 0.354 e. The Bertz CT molecular complexity index is 607. The number of pyridine rings is 1. The molecule has 18 heavy (non-hydrogen) atoms. The Hall–Kier alpha value is -2.77. The molecule has 2 heterocycles. The van der Waals surface area contributed by atoms with Crippen LogP contribution >= 0.6 is 0 Å². The molecule has 0 saturated heterocycles. The van der Waals surface area contributed by atoms with Gasteiger partial charge in [-0.25, -0.2) is 9.78 Å². The molecule has 2 aromatic heterocycles. The summed E-state index contributed by atoms with van der Waals surface area (Å²) in [5, 5.41) is 23.0. The third-order valence-corrected chi connectivity index (χ3v) is 2.18. The highest BCUT2D eigenvalue weighted by Gasteiger charge is 2.10. The van der Waals surface area contributed by atoms with Crippen molar-refractivity contribution in [2.24, 2.45) is 0 Å². The first-order valence-corrected chi connectivity index (χ1v) is 4.92. The fourth-order valence-electron chi connectivity index (χ4n) is 1.39. The Morgan fingerprint density at radius 2 is 2.28 bits per heavy atom. The molecule has 0 unspecified atom stereocenters. The molecule has 92 valence electrons. The van der Waals surface area contributed by atoms with Crippen LogP contribution in [0.25, 0.3) is 0 Å². The Morgan fingerprint density at radius 1 is 1.50 bits per heavy atom. The first-order valence-electron chi connectivity index (χ1n) is 4.92. The summed E-state index contributed by atoms with van der Waals surface area (Å²) in [6.07, 6.45) is 2.39. The van der Waals surface area contributed by atoms with Crippen LogP contribution in [0.3, 0.4) is 0 Å². The summed E-state index contributed by atoms with van der Waals surface area (Å²) in [5.41, 5.74) is 0.270. The maximum atomic E-state index is 10.7. The van der Waals surface area contributed by atoms with Gasteiger partial charge in [-0.3, -0.25) is 14.8 Å². The lowest BCUT2D eigenvalue weighted by Crippen LogP contribution is -2.06. The van der Waals surface area contributed by atoms with Gasteiger partial charge in [-0.15, -0.1) is 0 Å². The van der Waals surface area contributed by atoms with Crippen molar-refractivity contribution in [3.63, 3.8) is 0 Å². The van der Waals surface area contributed by atoms with Gasteiger partial charge in [-0.2, -0.15) is 5.10 Å². The summed E-state index contributed by atoms with van der Waals surface area (Å²) in [6, 6.07) is 4.56. The number of hydrogen-bond donors (Lipinski definition) is 1. The summed E-state index contributed by atoms with van der Waals surface area (Å²) in [4.78, 5) is 24.5. The standard InChI is InChI=1S/C10H8N4O4/c15-10(16)9-3-1-2-7(12-9)5-13-6-8(4-11-13)14(17)18/h1-4,6H,5H2,(H,15,16). The van der Waals surface area contributed by atoms with Gasteiger partial charge in [0.25, 0.3) is 0 Å². The zero-order valence-corrected chi connectivity index (χ0v) is 9.05. The molecule has 0 bridgehead atoms. The van der Waals surface area contributed by atoms with Gasteiger partial charge in [-0.05, 0) is 12.1 Å². The second-order valence-corrected chi connectivity index (χ2v) is 3.47. The van der Waals surface area contributed by atoms with Crippen LogP contribution in [0.5, 0.6) is 0 Å². The van der Waals surface area contributed by atoms with E-state index in [0.717, 1.165) is 6.20 Å². The smallest absolute Gasteiger partial charge is 0.354 e. The number of nitrogens with zero attached hydrogens (tertiary/aromatic N) is 4. The van der Waals surface area contributed by atoms with Crippen LogP contribution in [0.15, 0.2) is 30.6 Å². The van der Waals surface area contributed by atoms with Crippen molar-refractivity contribution in [1.82, 2.24) is 14.8 Å². The van der Waals surface area contributed by atoms with Crippen molar-refractivity contribution in [1.29, 1.82) is 0 Å². The fourth-order valence-corrected chi connectivity index (χ4v) is 1.39. The largest absolute Gasteiger partial charge is 0.477 e. The zero-order valence-electron chi connectivity index (χ0n) is 9.05. The summed E-state index contributed by atoms with van der Waals surface area (Å²) in [6.45, 7) is 0.176. The number of hydrogen-bond acceptors (Lipinski definition) is 5. The maximum absolute atomic E-state index is 10.7. The Labute approximate surface area is 101 Å². The van der Waals surface area contributed by atoms with Crippen LogP contribution in [0.4, 0.5) is 5.69 Å². The second-order valence-electron chi connectivity index (χ2n) is 3.47. The number of carboxylic acid groups (broad SMARTS) is 1. The Balaban J connectivity index is 2.20. The lowest BCUT2D eigenvalue weighted by atomic mass is 10.3. The quantitative estimate of drug-likeness (QED) is 0.636. The Kier molecular flexibility index (Phi) is 3.00. The van der Waals surface area contributed by atoms with E-state index in [0.29, 0.717) is 5.69 Å². The SMILES string of the molecule is O=C(O)c1cccc(Cn2cc([N+](=O)[O-])cn2)n1. The van der Waals surface area contributed by atoms with Crippen molar-refractivity contribution >= 4 is 11.7 Å². The van der Waals surface area contributed by atoms with Gasteiger partial charge in [0.05, 0.1) is 17.2 Å². The van der Waals surface area contributed by atoms with Crippen LogP contribution in [-0.4, -0.2) is 30.8 Å². The average molecular weight is 248 g/mol. The summed E-state index contributed by atoms with van der Waals surface area (Å²) >= 11 is 0. The van der Waals surface area contributed by atoms with Gasteiger partial charge in [0.15, 0.2) is 0 Å². The number of carboxylic acids is 1. The molecule has 0 aromatic carbocycles. The third-order valence-electron chi connectivity index (χ3n) is 2.18. The fraction of sp³-hybridized carbons (Fsp3) is 0.100. The van der Waals surface area contributed by atoms with Crippen molar-refractivity contribution < 1.29 is 14.8 Å². The van der Waals surface area contributed by atoms with Crippen molar-refractivity contribution in [2.45, 2.75) is 6.54 Å². The van der Waals surface area contributed by atoms with E-state index in [1.54, 1.807) is 12.1 Å². The molecule has 0 radical (unpaired) electrons. The van der Waals surface area contributed by atoms with E-state index in [4.69, 9.17) is 5.11 Å². The predicted octanol–water partition coefficient (Wildman–Crippen LogP) is 0.933. The van der Waals surface area contributed by atoms with Crippen LogP contribution < -0.4 is 0 Å². The minimum atomic E-state index is -1.12. The highest BCUT2D eigenvalue weighted by Crippen LogP contribution is 2.09. The number of nitro groups is 1. The molecule has 0 spiro atoms. The summed E-state index contributed by atoms with van der Waals surface area (Å²) < 4.78 is 1.33. The molecule has 0 aliphatic heterocycles. The number of carbonyl (C=O) groups is 1. The highest BCUT2D eigenvalue weighted by atomic mass is 16.6. The Morgan fingerprint density at radius 3 is 2.89 bits per heavy atom. The van der Waals surface area contributed by atoms with E-state index >= 15 is 0 Å². The molecule has 0 fully saturated rings. The van der Waals surface area contributed by atoms with Crippen LogP contribution in [0.1, 0.15) is 16.2 Å². The number of aromatic nitrogens is 3. The van der Waals surface area contributed by atoms with Gasteiger partial charge in [0.2, 0.25) is 0 Å². The van der Waals surface area contributed by atoms with Gasteiger partial charge in [0.1, 0.15) is 18.1 Å². The lowest BCUT2D eigenvalue weighted by Gasteiger charge is -2.01. The average Bonchev–Trinajstić information content (AvgIpc) is 2.78. The van der Waals surface area contributed by atoms with E-state index in [2.05, 4.69) is 10.1 Å². The van der Waals surface area contributed by atoms with E-state index in [1.165, 1.54) is 16.9 Å². The van der Waals surface area contributed by atoms with Crippen molar-refractivity contribution in [2.75, 3.05) is 0 Å². The molecule has 8 heteroatoms. The molecule has 0 aliphatic carbocycles. The van der Waals surface area contributed by atoms with E-state index in [9.17, 15) is 14.9 Å². The minimum Gasteiger partial charge on any atom is -0.477 e. The topological polar surface area (TPSA) is 111 Å². The molecule has 2 aromatic rings. The number of aromatic carboxylic acids is 1. The monoisotopic (exact) mass is 248 g/mol. The van der Waals surface area contributed by atoms with Crippen LogP contribution in [0, 0.1) is 10.1 Å². The predicted molar refractivity (Wildman–Crippen MR) is 59.2 cm³/mol. The third kappa shape index (κ3) is 2.48. The zero-order chi connectivity index (χ0) is 13.1. The first kappa shape index (κ1) is 11.7. The van der Waals surface area contributed by atoms with Crippen LogP contribution in [0.2, 0.25) is 0 Å². The van der Waals surface area contributed by atoms with Gasteiger partial charge >= 0.3 is 11.7 Å². The molecule has 8 nitrogen and oxygen atoms in total. The summed E-state index contributed by atoms with van der Waals surface area (Å²) in [5.74, 6) is -1.12. The molecule has 2 rings (SSSR count). The molecule has 0 atom stereocenters. The minimum absolute atomic E-state index is 0.0749. The molecular weight excluding hydrogens is 240 g/mol. The normalized spacial score (nSPS) is 10.2. The van der Waals surface area contributed by atoms with E-state index in [1.807, 2.05) is 0 Å². The number of rotatable bonds is 4. The molecule has 1 N–H and O–H groups in total. The van der Waals surface area contributed by atoms with E-state index in [-0.39, 0.29) is 17.9 Å². The van der Waals surface area contributed by atoms with Gasteiger partial charge in [0, 0.05) is 0 Å². The highest BCUT2D eigenvalue weighted by molar-refractivity contribution is 5.85. The van der Waals surface area contributed by atoms with Gasteiger partial charge in [-0.1, -0.05) is 6.07 Å². The van der Waals surface area contributed by atoms with Crippen molar-refractivity contribution in [3.8, 4) is 0 Å². The molecule has 0 amide bonds. The second kappa shape index (κ2) is 4.62. The lowest BCUT2D eigenvalue weighted by molar-refractivity contribution is -0.385. The summed E-state index contributed by atoms with van der Waals surface area (Å²) in [7, 11) is 0. The van der Waals surface area contributed by atoms with Gasteiger partial charge < -0.3 is 5.11 Å². The molecular formula is C10H8N4O4.